The fraction of sp³-hybridized carbons (Fsp3) is 0.200. The summed E-state index contributed by atoms with van der Waals surface area (Å²) in [4.78, 5) is 22.8. The van der Waals surface area contributed by atoms with Crippen LogP contribution in [0.2, 0.25) is 5.02 Å². The Morgan fingerprint density at radius 1 is 1.62 bits per heavy atom. The monoisotopic (exact) mass is 245 g/mol. The number of hydrogen-bond donors (Lipinski definition) is 3. The smallest absolute Gasteiger partial charge is 0.320 e. The minimum Gasteiger partial charge on any atom is -0.480 e. The number of nitrogens with two attached hydrogens (primary N) is 2. The number of carbonyl (C=O) groups excluding carboxylic acids is 1. The van der Waals surface area contributed by atoms with Crippen molar-refractivity contribution in [3.8, 4) is 0 Å². The normalized spacial score (nSPS) is 17.8. The summed E-state index contributed by atoms with van der Waals surface area (Å²) in [6.07, 6.45) is -3.15. The maximum Gasteiger partial charge on any atom is 0.320 e. The molecule has 0 amide bonds. The molecule has 0 saturated carbocycles. The summed E-state index contributed by atoms with van der Waals surface area (Å²) < 4.78 is 22.3. The molecule has 0 bridgehead atoms. The average Bonchev–Trinajstić information content (AvgIpc) is 2.27. The highest BCUT2D eigenvalue weighted by molar-refractivity contribution is 6.31. The van der Waals surface area contributed by atoms with Gasteiger partial charge in [0.05, 0.1) is 1.37 Å². The highest BCUT2D eigenvalue weighted by Gasteiger charge is 2.18. The second kappa shape index (κ2) is 4.96. The predicted octanol–water partition coefficient (Wildman–Crippen LogP) is 0.907. The van der Waals surface area contributed by atoms with Crippen molar-refractivity contribution in [2.45, 2.75) is 12.4 Å². The van der Waals surface area contributed by atoms with Gasteiger partial charge in [-0.3, -0.25) is 9.59 Å². The molecule has 16 heavy (non-hydrogen) atoms. The lowest BCUT2D eigenvalue weighted by Gasteiger charge is -2.07. The Morgan fingerprint density at radius 3 is 2.75 bits per heavy atom. The van der Waals surface area contributed by atoms with E-state index in [1.54, 1.807) is 0 Å². The Bertz CT molecular complexity index is 549. The summed E-state index contributed by atoms with van der Waals surface area (Å²) in [5, 5.41) is 8.96. The zero-order chi connectivity index (χ0) is 15.0. The Hall–Kier alpha value is -1.59. The van der Waals surface area contributed by atoms with Gasteiger partial charge in [0.25, 0.3) is 0 Å². The summed E-state index contributed by atoms with van der Waals surface area (Å²) >= 11 is 5.64. The molecule has 6 heteroatoms. The number of anilines is 1. The third-order valence-electron chi connectivity index (χ3n) is 1.74. The highest BCUT2D eigenvalue weighted by atomic mass is 35.5. The molecule has 0 saturated heterocycles. The fourth-order valence-electron chi connectivity index (χ4n) is 0.983. The van der Waals surface area contributed by atoms with Crippen LogP contribution in [0, 0.1) is 0 Å². The van der Waals surface area contributed by atoms with Crippen LogP contribution < -0.4 is 11.5 Å². The van der Waals surface area contributed by atoms with E-state index >= 15 is 0 Å². The van der Waals surface area contributed by atoms with E-state index in [4.69, 9.17) is 32.3 Å². The SMILES string of the molecule is [2H]C([2H])(C(=O)c1ccc(Cl)cc1N)C([2H])(N)C(=O)O. The molecule has 0 radical (unpaired) electrons. The maximum atomic E-state index is 12.0. The Morgan fingerprint density at radius 2 is 2.25 bits per heavy atom. The topological polar surface area (TPSA) is 106 Å². The van der Waals surface area contributed by atoms with Gasteiger partial charge in [-0.2, -0.15) is 0 Å². The summed E-state index contributed by atoms with van der Waals surface area (Å²) in [6, 6.07) is 0.532. The molecule has 1 unspecified atom stereocenters. The first-order valence-corrected chi connectivity index (χ1v) is 4.51. The molecule has 0 aliphatic carbocycles. The zero-order valence-electron chi connectivity index (χ0n) is 11.0. The van der Waals surface area contributed by atoms with Gasteiger partial charge in [-0.15, -0.1) is 0 Å². The van der Waals surface area contributed by atoms with Gasteiger partial charge >= 0.3 is 5.97 Å². The number of carboxylic acids is 1. The Balaban J connectivity index is 3.29. The van der Waals surface area contributed by atoms with Crippen LogP contribution in [0.3, 0.4) is 0 Å². The number of benzene rings is 1. The third-order valence-corrected chi connectivity index (χ3v) is 1.97. The Labute approximate surface area is 101 Å². The number of Topliss-reactive ketones (excluding diaryl/α,β-unsaturated/α-hetero) is 1. The molecule has 0 aliphatic heterocycles. The highest BCUT2D eigenvalue weighted by Crippen LogP contribution is 2.19. The third kappa shape index (κ3) is 2.95. The average molecular weight is 246 g/mol. The molecule has 0 spiro atoms. The first-order valence-electron chi connectivity index (χ1n) is 5.64. The molecular weight excluding hydrogens is 232 g/mol. The molecule has 1 rings (SSSR count). The molecule has 5 nitrogen and oxygen atoms in total. The summed E-state index contributed by atoms with van der Waals surface area (Å²) in [5.41, 5.74) is 10.2. The van der Waals surface area contributed by atoms with E-state index in [-0.39, 0.29) is 16.3 Å². The van der Waals surface area contributed by atoms with Crippen LogP contribution in [0.15, 0.2) is 18.2 Å². The molecule has 0 aliphatic rings. The molecular formula is C10H11ClN2O3. The summed E-state index contributed by atoms with van der Waals surface area (Å²) in [6.45, 7) is 0. The van der Waals surface area contributed by atoms with Crippen molar-refractivity contribution in [2.24, 2.45) is 5.73 Å². The number of carbonyl (C=O) groups is 2. The van der Waals surface area contributed by atoms with Crippen LogP contribution in [-0.4, -0.2) is 22.9 Å². The molecule has 0 aromatic heterocycles. The van der Waals surface area contributed by atoms with Crippen LogP contribution in [0.1, 0.15) is 20.8 Å². The van der Waals surface area contributed by atoms with Crippen molar-refractivity contribution in [1.82, 2.24) is 0 Å². The first-order chi connectivity index (χ1) is 8.51. The number of hydrogen-bond acceptors (Lipinski definition) is 4. The van der Waals surface area contributed by atoms with Crippen molar-refractivity contribution in [2.75, 3.05) is 5.73 Å². The molecule has 0 fully saturated rings. The van der Waals surface area contributed by atoms with Crippen molar-refractivity contribution < 1.29 is 18.8 Å². The van der Waals surface area contributed by atoms with E-state index in [0.29, 0.717) is 0 Å². The van der Waals surface area contributed by atoms with E-state index in [1.807, 2.05) is 0 Å². The van der Waals surface area contributed by atoms with Crippen LogP contribution in [0.25, 0.3) is 0 Å². The van der Waals surface area contributed by atoms with Gasteiger partial charge in [-0.05, 0) is 18.2 Å². The maximum absolute atomic E-state index is 12.0. The number of rotatable bonds is 4. The number of ketones is 1. The van der Waals surface area contributed by atoms with Crippen LogP contribution >= 0.6 is 11.6 Å². The minimum absolute atomic E-state index is 0.123. The molecule has 86 valence electrons. The van der Waals surface area contributed by atoms with E-state index in [9.17, 15) is 9.59 Å². The van der Waals surface area contributed by atoms with Gasteiger partial charge in [-0.1, -0.05) is 11.6 Å². The molecule has 0 heterocycles. The molecule has 1 atom stereocenters. The van der Waals surface area contributed by atoms with Crippen molar-refractivity contribution in [3.63, 3.8) is 0 Å². The van der Waals surface area contributed by atoms with E-state index in [2.05, 4.69) is 0 Å². The van der Waals surface area contributed by atoms with Gasteiger partial charge in [0.15, 0.2) is 5.78 Å². The van der Waals surface area contributed by atoms with Crippen molar-refractivity contribution >= 4 is 29.0 Å². The van der Waals surface area contributed by atoms with E-state index in [1.165, 1.54) is 12.1 Å². The predicted molar refractivity (Wildman–Crippen MR) is 60.4 cm³/mol. The number of halogens is 1. The largest absolute Gasteiger partial charge is 0.480 e. The van der Waals surface area contributed by atoms with Crippen LogP contribution in [0.4, 0.5) is 5.69 Å². The lowest BCUT2D eigenvalue weighted by Crippen LogP contribution is -2.32. The molecule has 1 aromatic carbocycles. The van der Waals surface area contributed by atoms with Crippen LogP contribution in [0.5, 0.6) is 0 Å². The quantitative estimate of drug-likeness (QED) is 0.540. The lowest BCUT2D eigenvalue weighted by molar-refractivity contribution is -0.138. The first kappa shape index (κ1) is 8.55. The fourth-order valence-corrected chi connectivity index (χ4v) is 1.16. The van der Waals surface area contributed by atoms with E-state index in [0.717, 1.165) is 6.07 Å². The summed E-state index contributed by atoms with van der Waals surface area (Å²) in [5.74, 6) is -3.25. The second-order valence-electron chi connectivity index (χ2n) is 2.90. The Kier molecular flexibility index (Phi) is 2.65. The van der Waals surface area contributed by atoms with Crippen LogP contribution in [-0.2, 0) is 4.79 Å². The van der Waals surface area contributed by atoms with Gasteiger partial charge in [0.2, 0.25) is 0 Å². The van der Waals surface area contributed by atoms with E-state index < -0.39 is 24.1 Å². The van der Waals surface area contributed by atoms with Crippen molar-refractivity contribution in [1.29, 1.82) is 0 Å². The number of nitrogen functional groups attached to an aromatic ring is 1. The summed E-state index contributed by atoms with van der Waals surface area (Å²) in [7, 11) is 0. The van der Waals surface area contributed by atoms with Gasteiger partial charge < -0.3 is 16.6 Å². The number of carboxylic acid groups (broad SMARTS) is 1. The minimum atomic E-state index is -3.15. The molecule has 1 aromatic rings. The zero-order valence-corrected chi connectivity index (χ0v) is 8.78. The molecule has 5 N–H and O–H groups in total. The standard InChI is InChI=1S/C10H11ClN2O3/c11-5-1-2-6(7(12)3-5)9(14)4-8(13)10(15)16/h1-3,8H,4,12-13H2,(H,15,16)/i4D2,8D. The number of aliphatic carboxylic acids is 1. The van der Waals surface area contributed by atoms with Gasteiger partial charge in [0.1, 0.15) is 6.02 Å². The second-order valence-corrected chi connectivity index (χ2v) is 3.34. The van der Waals surface area contributed by atoms with Gasteiger partial charge in [-0.25, -0.2) is 0 Å². The van der Waals surface area contributed by atoms with Gasteiger partial charge in [0, 0.05) is 25.4 Å². The lowest BCUT2D eigenvalue weighted by atomic mass is 10.0. The van der Waals surface area contributed by atoms with Crippen molar-refractivity contribution in [3.05, 3.63) is 28.8 Å².